The molecule has 0 bridgehead atoms. The number of rotatable bonds is 3. The molecule has 0 saturated carbocycles. The highest BCUT2D eigenvalue weighted by Gasteiger charge is 2.30. The van der Waals surface area contributed by atoms with Crippen molar-refractivity contribution in [1.29, 1.82) is 5.26 Å². The smallest absolute Gasteiger partial charge is 0.269 e. The fourth-order valence-corrected chi connectivity index (χ4v) is 2.53. The number of amides is 1. The van der Waals surface area contributed by atoms with E-state index in [1.165, 1.54) is 10.9 Å². The number of nitriles is 1. The number of oxime groups is 1. The highest BCUT2D eigenvalue weighted by molar-refractivity contribution is 6.42. The molecule has 0 saturated heterocycles. The predicted octanol–water partition coefficient (Wildman–Crippen LogP) is 2.73. The molecule has 0 aliphatic carbocycles. The van der Waals surface area contributed by atoms with Gasteiger partial charge in [-0.15, -0.1) is 0 Å². The summed E-state index contributed by atoms with van der Waals surface area (Å²) in [7, 11) is 1.63. The van der Waals surface area contributed by atoms with Crippen LogP contribution in [0.25, 0.3) is 0 Å². The van der Waals surface area contributed by atoms with Gasteiger partial charge in [0.25, 0.3) is 5.91 Å². The lowest BCUT2D eigenvalue weighted by Gasteiger charge is -2.10. The third-order valence-corrected chi connectivity index (χ3v) is 4.25. The number of carbonyl (C=O) groups excluding carboxylic acids is 1. The number of nitrogens with one attached hydrogen (secondary N) is 1. The summed E-state index contributed by atoms with van der Waals surface area (Å²) < 4.78 is 1.41. The van der Waals surface area contributed by atoms with E-state index in [1.54, 1.807) is 25.2 Å². The van der Waals surface area contributed by atoms with Crippen LogP contribution in [0.4, 0.5) is 5.82 Å². The summed E-state index contributed by atoms with van der Waals surface area (Å²) in [5.41, 5.74) is 1.60. The third-order valence-electron chi connectivity index (χ3n) is 3.51. The van der Waals surface area contributed by atoms with Gasteiger partial charge in [-0.2, -0.15) is 10.4 Å². The lowest BCUT2D eigenvalue weighted by molar-refractivity contribution is -0.125. The molecule has 1 aliphatic rings. The van der Waals surface area contributed by atoms with Crippen molar-refractivity contribution in [1.82, 2.24) is 9.78 Å². The van der Waals surface area contributed by atoms with E-state index >= 15 is 0 Å². The Morgan fingerprint density at radius 3 is 2.96 bits per heavy atom. The Morgan fingerprint density at radius 1 is 1.46 bits per heavy atom. The zero-order valence-corrected chi connectivity index (χ0v) is 14.0. The minimum absolute atomic E-state index is 0.273. The number of nitrogens with zero attached hydrogens (tertiary/aromatic N) is 4. The van der Waals surface area contributed by atoms with Crippen molar-refractivity contribution in [3.8, 4) is 6.07 Å². The van der Waals surface area contributed by atoms with Gasteiger partial charge in [-0.1, -0.05) is 34.4 Å². The quantitative estimate of drug-likeness (QED) is 0.906. The van der Waals surface area contributed by atoms with Crippen molar-refractivity contribution < 1.29 is 9.63 Å². The molecule has 1 unspecified atom stereocenters. The Bertz CT molecular complexity index is 884. The monoisotopic (exact) mass is 363 g/mol. The van der Waals surface area contributed by atoms with Crippen molar-refractivity contribution in [3.63, 3.8) is 0 Å². The van der Waals surface area contributed by atoms with E-state index in [0.29, 0.717) is 21.6 Å². The second-order valence-corrected chi connectivity index (χ2v) is 5.91. The number of anilines is 1. The van der Waals surface area contributed by atoms with Crippen LogP contribution in [0.1, 0.15) is 17.5 Å². The predicted molar refractivity (Wildman–Crippen MR) is 89.0 cm³/mol. The van der Waals surface area contributed by atoms with Crippen LogP contribution in [0, 0.1) is 11.3 Å². The SMILES string of the molecule is Cn1ncc(C#N)c1NC(=O)C1CC(c2ccc(Cl)c(Cl)c2)=NO1. The molecule has 0 fully saturated rings. The molecule has 122 valence electrons. The molecular weight excluding hydrogens is 353 g/mol. The normalized spacial score (nSPS) is 16.2. The van der Waals surface area contributed by atoms with Gasteiger partial charge >= 0.3 is 0 Å². The fraction of sp³-hybridized carbons (Fsp3) is 0.200. The third kappa shape index (κ3) is 3.07. The Labute approximate surface area is 147 Å². The van der Waals surface area contributed by atoms with E-state index in [1.807, 2.05) is 6.07 Å². The number of aromatic nitrogens is 2. The van der Waals surface area contributed by atoms with E-state index in [-0.39, 0.29) is 12.0 Å². The minimum Gasteiger partial charge on any atom is -0.382 e. The zero-order valence-electron chi connectivity index (χ0n) is 12.5. The maximum Gasteiger partial charge on any atom is 0.269 e. The van der Waals surface area contributed by atoms with Crippen LogP contribution in [-0.2, 0) is 16.7 Å². The number of aryl methyl sites for hydroxylation is 1. The van der Waals surface area contributed by atoms with Crippen molar-refractivity contribution in [3.05, 3.63) is 45.6 Å². The molecule has 2 heterocycles. The zero-order chi connectivity index (χ0) is 17.3. The summed E-state index contributed by atoms with van der Waals surface area (Å²) in [5, 5.41) is 20.4. The molecule has 1 aliphatic heterocycles. The average Bonchev–Trinajstić information content (AvgIpc) is 3.18. The maximum absolute atomic E-state index is 12.3. The molecule has 1 aromatic heterocycles. The standard InChI is InChI=1S/C15H11Cl2N5O2/c1-22-14(9(6-18)7-19-22)20-15(23)13-5-12(21-24-13)8-2-3-10(16)11(17)4-8/h2-4,7,13H,5H2,1H3,(H,20,23). The summed E-state index contributed by atoms with van der Waals surface area (Å²) in [6, 6.07) is 7.04. The van der Waals surface area contributed by atoms with E-state index in [9.17, 15) is 4.79 Å². The first kappa shape index (κ1) is 16.3. The van der Waals surface area contributed by atoms with Gasteiger partial charge in [-0.25, -0.2) is 0 Å². The Morgan fingerprint density at radius 2 is 2.25 bits per heavy atom. The topological polar surface area (TPSA) is 92.3 Å². The number of hydrogen-bond donors (Lipinski definition) is 1. The van der Waals surface area contributed by atoms with Crippen LogP contribution in [0.5, 0.6) is 0 Å². The molecule has 2 aromatic rings. The molecule has 7 nitrogen and oxygen atoms in total. The summed E-state index contributed by atoms with van der Waals surface area (Å²) in [6.45, 7) is 0. The molecular formula is C15H11Cl2N5O2. The first-order valence-electron chi connectivity index (χ1n) is 6.90. The summed E-state index contributed by atoms with van der Waals surface area (Å²) in [5.74, 6) is -0.0944. The molecule has 1 atom stereocenters. The van der Waals surface area contributed by atoms with Crippen LogP contribution in [0.15, 0.2) is 29.6 Å². The molecule has 1 amide bonds. The van der Waals surface area contributed by atoms with E-state index in [2.05, 4.69) is 15.6 Å². The van der Waals surface area contributed by atoms with Crippen molar-refractivity contribution in [2.45, 2.75) is 12.5 Å². The average molecular weight is 364 g/mol. The highest BCUT2D eigenvalue weighted by atomic mass is 35.5. The van der Waals surface area contributed by atoms with Gasteiger partial charge in [-0.3, -0.25) is 9.48 Å². The second-order valence-electron chi connectivity index (χ2n) is 5.10. The molecule has 9 heteroatoms. The fourth-order valence-electron chi connectivity index (χ4n) is 2.23. The van der Waals surface area contributed by atoms with E-state index in [0.717, 1.165) is 5.56 Å². The first-order chi connectivity index (χ1) is 11.5. The van der Waals surface area contributed by atoms with Gasteiger partial charge in [-0.05, 0) is 12.1 Å². The van der Waals surface area contributed by atoms with E-state index < -0.39 is 12.0 Å². The number of hydrogen-bond acceptors (Lipinski definition) is 5. The van der Waals surface area contributed by atoms with Gasteiger partial charge in [0.1, 0.15) is 17.5 Å². The lowest BCUT2D eigenvalue weighted by Crippen LogP contribution is -2.29. The van der Waals surface area contributed by atoms with Crippen LogP contribution in [0.3, 0.4) is 0 Å². The van der Waals surface area contributed by atoms with E-state index in [4.69, 9.17) is 33.3 Å². The Balaban J connectivity index is 1.70. The van der Waals surface area contributed by atoms with Crippen LogP contribution in [-0.4, -0.2) is 27.5 Å². The summed E-state index contributed by atoms with van der Waals surface area (Å²) in [6.07, 6.45) is 0.864. The number of carbonyl (C=O) groups is 1. The Hall–Kier alpha value is -2.56. The lowest BCUT2D eigenvalue weighted by atomic mass is 10.0. The van der Waals surface area contributed by atoms with Gasteiger partial charge < -0.3 is 10.2 Å². The van der Waals surface area contributed by atoms with Gasteiger partial charge in [0.05, 0.1) is 22.0 Å². The first-order valence-corrected chi connectivity index (χ1v) is 7.66. The number of benzene rings is 1. The van der Waals surface area contributed by atoms with Gasteiger partial charge in [0.2, 0.25) is 6.10 Å². The van der Waals surface area contributed by atoms with Crippen LogP contribution in [0.2, 0.25) is 10.0 Å². The second kappa shape index (κ2) is 6.51. The van der Waals surface area contributed by atoms with Gasteiger partial charge in [0.15, 0.2) is 0 Å². The van der Waals surface area contributed by atoms with Crippen molar-refractivity contribution in [2.24, 2.45) is 12.2 Å². The molecule has 1 N–H and O–H groups in total. The molecule has 0 radical (unpaired) electrons. The summed E-state index contributed by atoms with van der Waals surface area (Å²) >= 11 is 11.9. The van der Waals surface area contributed by atoms with Gasteiger partial charge in [0, 0.05) is 19.0 Å². The van der Waals surface area contributed by atoms with Crippen molar-refractivity contribution in [2.75, 3.05) is 5.32 Å². The molecule has 3 rings (SSSR count). The minimum atomic E-state index is -0.795. The maximum atomic E-state index is 12.3. The van der Waals surface area contributed by atoms with Crippen molar-refractivity contribution >= 4 is 40.6 Å². The molecule has 0 spiro atoms. The Kier molecular flexibility index (Phi) is 4.42. The summed E-state index contributed by atoms with van der Waals surface area (Å²) in [4.78, 5) is 17.5. The number of halogens is 2. The molecule has 24 heavy (non-hydrogen) atoms. The molecule has 1 aromatic carbocycles. The largest absolute Gasteiger partial charge is 0.382 e. The van der Waals surface area contributed by atoms with Crippen LogP contribution >= 0.6 is 23.2 Å². The van der Waals surface area contributed by atoms with Crippen LogP contribution < -0.4 is 5.32 Å². The highest BCUT2D eigenvalue weighted by Crippen LogP contribution is 2.26.